The molecular formula is C34H40O4. The molecule has 3 aromatic rings. The van der Waals surface area contributed by atoms with E-state index in [1.54, 1.807) is 12.1 Å². The zero-order valence-corrected chi connectivity index (χ0v) is 22.7. The van der Waals surface area contributed by atoms with E-state index in [2.05, 4.69) is 19.1 Å². The van der Waals surface area contributed by atoms with Crippen LogP contribution in [0, 0.1) is 12.8 Å². The first-order chi connectivity index (χ1) is 18.5. The Morgan fingerprint density at radius 1 is 0.789 bits per heavy atom. The lowest BCUT2D eigenvalue weighted by Gasteiger charge is -2.29. The summed E-state index contributed by atoms with van der Waals surface area (Å²) in [6.07, 6.45) is 9.72. The lowest BCUT2D eigenvalue weighted by molar-refractivity contribution is -0.00133. The van der Waals surface area contributed by atoms with Gasteiger partial charge in [0.25, 0.3) is 0 Å². The molecule has 0 radical (unpaired) electrons. The van der Waals surface area contributed by atoms with Crippen LogP contribution in [0.3, 0.4) is 0 Å². The number of benzene rings is 3. The van der Waals surface area contributed by atoms with E-state index in [0.29, 0.717) is 17.0 Å². The van der Waals surface area contributed by atoms with Crippen molar-refractivity contribution in [1.29, 1.82) is 0 Å². The zero-order chi connectivity index (χ0) is 26.7. The van der Waals surface area contributed by atoms with Crippen molar-refractivity contribution in [2.24, 2.45) is 5.92 Å². The second-order valence-electron chi connectivity index (χ2n) is 10.6. The molecule has 0 amide bonds. The molecule has 4 rings (SSSR count). The quantitative estimate of drug-likeness (QED) is 0.191. The summed E-state index contributed by atoms with van der Waals surface area (Å²) in [5.74, 6) is 0.589. The SMILES string of the molecule is CCCCCC1CCC(c2ccc(C(=O)OC(COC(=O)c3ccc(C)cc3)c3ccccc3)cc2)CC1. The first kappa shape index (κ1) is 27.6. The lowest BCUT2D eigenvalue weighted by Crippen LogP contribution is -2.19. The highest BCUT2D eigenvalue weighted by atomic mass is 16.6. The van der Waals surface area contributed by atoms with Gasteiger partial charge in [-0.15, -0.1) is 0 Å². The van der Waals surface area contributed by atoms with Crippen molar-refractivity contribution in [2.45, 2.75) is 77.2 Å². The Balaban J connectivity index is 1.35. The van der Waals surface area contributed by atoms with Crippen molar-refractivity contribution in [3.05, 3.63) is 107 Å². The van der Waals surface area contributed by atoms with Gasteiger partial charge in [-0.1, -0.05) is 92.8 Å². The molecule has 1 saturated carbocycles. The van der Waals surface area contributed by atoms with Crippen molar-refractivity contribution in [2.75, 3.05) is 6.61 Å². The molecule has 0 aliphatic heterocycles. The highest BCUT2D eigenvalue weighted by molar-refractivity contribution is 5.90. The van der Waals surface area contributed by atoms with Gasteiger partial charge in [0.2, 0.25) is 0 Å². The summed E-state index contributed by atoms with van der Waals surface area (Å²) < 4.78 is 11.4. The average Bonchev–Trinajstić information content (AvgIpc) is 2.96. The van der Waals surface area contributed by atoms with E-state index in [-0.39, 0.29) is 6.61 Å². The summed E-state index contributed by atoms with van der Waals surface area (Å²) in [6, 6.07) is 24.5. The molecule has 0 spiro atoms. The molecule has 1 atom stereocenters. The fourth-order valence-electron chi connectivity index (χ4n) is 5.35. The molecule has 0 saturated heterocycles. The van der Waals surface area contributed by atoms with Crippen molar-refractivity contribution in [3.8, 4) is 0 Å². The van der Waals surface area contributed by atoms with Crippen molar-refractivity contribution >= 4 is 11.9 Å². The van der Waals surface area contributed by atoms with Gasteiger partial charge < -0.3 is 9.47 Å². The van der Waals surface area contributed by atoms with Gasteiger partial charge in [-0.25, -0.2) is 9.59 Å². The van der Waals surface area contributed by atoms with Crippen LogP contribution in [0.2, 0.25) is 0 Å². The monoisotopic (exact) mass is 512 g/mol. The van der Waals surface area contributed by atoms with E-state index in [0.717, 1.165) is 17.0 Å². The molecule has 38 heavy (non-hydrogen) atoms. The van der Waals surface area contributed by atoms with E-state index in [1.165, 1.54) is 56.9 Å². The number of ether oxygens (including phenoxy) is 2. The van der Waals surface area contributed by atoms with Crippen molar-refractivity contribution in [3.63, 3.8) is 0 Å². The molecule has 4 nitrogen and oxygen atoms in total. The predicted octanol–water partition coefficient (Wildman–Crippen LogP) is 8.60. The van der Waals surface area contributed by atoms with E-state index < -0.39 is 18.0 Å². The predicted molar refractivity (Wildman–Crippen MR) is 151 cm³/mol. The number of rotatable bonds is 11. The summed E-state index contributed by atoms with van der Waals surface area (Å²) in [6.45, 7) is 4.17. The number of hydrogen-bond donors (Lipinski definition) is 0. The fraction of sp³-hybridized carbons (Fsp3) is 0.412. The van der Waals surface area contributed by atoms with Crippen LogP contribution >= 0.6 is 0 Å². The molecule has 3 aromatic carbocycles. The Bertz CT molecular complexity index is 1140. The number of hydrogen-bond acceptors (Lipinski definition) is 4. The lowest BCUT2D eigenvalue weighted by atomic mass is 9.77. The summed E-state index contributed by atoms with van der Waals surface area (Å²) in [5.41, 5.74) is 4.14. The minimum Gasteiger partial charge on any atom is -0.458 e. The van der Waals surface area contributed by atoms with Crippen LogP contribution in [0.4, 0.5) is 0 Å². The summed E-state index contributed by atoms with van der Waals surface area (Å²) in [5, 5.41) is 0. The van der Waals surface area contributed by atoms with Crippen molar-refractivity contribution in [1.82, 2.24) is 0 Å². The second kappa shape index (κ2) is 13.9. The van der Waals surface area contributed by atoms with Gasteiger partial charge in [0.05, 0.1) is 11.1 Å². The number of esters is 2. The summed E-state index contributed by atoms with van der Waals surface area (Å²) in [4.78, 5) is 25.6. The molecule has 1 unspecified atom stereocenters. The van der Waals surface area contributed by atoms with Crippen LogP contribution in [-0.4, -0.2) is 18.5 Å². The summed E-state index contributed by atoms with van der Waals surface area (Å²) >= 11 is 0. The molecule has 1 fully saturated rings. The van der Waals surface area contributed by atoms with E-state index in [9.17, 15) is 9.59 Å². The number of carbonyl (C=O) groups is 2. The second-order valence-corrected chi connectivity index (χ2v) is 10.6. The number of aryl methyl sites for hydroxylation is 1. The largest absolute Gasteiger partial charge is 0.458 e. The van der Waals surface area contributed by atoms with Gasteiger partial charge in [0.15, 0.2) is 6.10 Å². The molecule has 200 valence electrons. The first-order valence-corrected chi connectivity index (χ1v) is 14.1. The van der Waals surface area contributed by atoms with Gasteiger partial charge in [-0.3, -0.25) is 0 Å². The maximum atomic E-state index is 13.1. The van der Waals surface area contributed by atoms with Crippen LogP contribution in [0.25, 0.3) is 0 Å². The zero-order valence-electron chi connectivity index (χ0n) is 22.7. The molecule has 0 bridgehead atoms. The minimum atomic E-state index is -0.694. The van der Waals surface area contributed by atoms with Gasteiger partial charge in [0, 0.05) is 0 Å². The van der Waals surface area contributed by atoms with Gasteiger partial charge in [0.1, 0.15) is 6.61 Å². The third-order valence-corrected chi connectivity index (χ3v) is 7.75. The van der Waals surface area contributed by atoms with Crippen LogP contribution in [0.15, 0.2) is 78.9 Å². The van der Waals surface area contributed by atoms with Crippen LogP contribution in [-0.2, 0) is 9.47 Å². The normalized spacial score (nSPS) is 17.9. The molecule has 0 heterocycles. The Kier molecular flexibility index (Phi) is 10.1. The van der Waals surface area contributed by atoms with Crippen LogP contribution < -0.4 is 0 Å². The first-order valence-electron chi connectivity index (χ1n) is 14.1. The van der Waals surface area contributed by atoms with E-state index in [1.807, 2.05) is 61.5 Å². The standard InChI is InChI=1S/C34H40O4/c1-3-4-6-9-26-14-18-27(19-15-26)28-20-22-31(23-21-28)34(36)38-32(29-10-7-5-8-11-29)24-37-33(35)30-16-12-25(2)13-17-30/h5,7-8,10-13,16-17,20-23,26-27,32H,3-4,6,9,14-15,18-19,24H2,1-2H3. The third-order valence-electron chi connectivity index (χ3n) is 7.75. The van der Waals surface area contributed by atoms with Crippen molar-refractivity contribution < 1.29 is 19.1 Å². The highest BCUT2D eigenvalue weighted by Gasteiger charge is 2.24. The Morgan fingerprint density at radius 2 is 1.42 bits per heavy atom. The van der Waals surface area contributed by atoms with E-state index in [4.69, 9.17) is 9.47 Å². The molecule has 1 aliphatic rings. The molecule has 0 aromatic heterocycles. The Labute approximate surface area is 227 Å². The van der Waals surface area contributed by atoms with Gasteiger partial charge in [-0.2, -0.15) is 0 Å². The van der Waals surface area contributed by atoms with Gasteiger partial charge >= 0.3 is 11.9 Å². The van der Waals surface area contributed by atoms with E-state index >= 15 is 0 Å². The van der Waals surface area contributed by atoms with Crippen LogP contribution in [0.1, 0.15) is 108 Å². The van der Waals surface area contributed by atoms with Crippen LogP contribution in [0.5, 0.6) is 0 Å². The smallest absolute Gasteiger partial charge is 0.338 e. The number of carbonyl (C=O) groups excluding carboxylic acids is 2. The summed E-state index contributed by atoms with van der Waals surface area (Å²) in [7, 11) is 0. The molecular weight excluding hydrogens is 472 g/mol. The molecule has 0 N–H and O–H groups in total. The topological polar surface area (TPSA) is 52.6 Å². The average molecular weight is 513 g/mol. The maximum Gasteiger partial charge on any atom is 0.338 e. The highest BCUT2D eigenvalue weighted by Crippen LogP contribution is 2.38. The Morgan fingerprint density at radius 3 is 2.08 bits per heavy atom. The number of unbranched alkanes of at least 4 members (excludes halogenated alkanes) is 2. The van der Waals surface area contributed by atoms with Gasteiger partial charge in [-0.05, 0) is 79.8 Å². The Hall–Kier alpha value is -3.40. The third kappa shape index (κ3) is 7.80. The molecule has 1 aliphatic carbocycles. The molecule has 4 heteroatoms. The fourth-order valence-corrected chi connectivity index (χ4v) is 5.35. The maximum absolute atomic E-state index is 13.1. The minimum absolute atomic E-state index is 0.0535.